The molecule has 0 saturated heterocycles. The Hall–Kier alpha value is -1.99. The lowest BCUT2D eigenvalue weighted by Gasteiger charge is -2.19. The zero-order valence-electron chi connectivity index (χ0n) is 12.8. The first kappa shape index (κ1) is 14.9. The molecule has 0 saturated carbocycles. The molecule has 1 aromatic heterocycles. The molecule has 0 amide bonds. The van der Waals surface area contributed by atoms with Gasteiger partial charge in [0, 0.05) is 18.3 Å². The Morgan fingerprint density at radius 2 is 1.77 bits per heavy atom. The summed E-state index contributed by atoms with van der Waals surface area (Å²) in [5.74, 6) is 0.167. The van der Waals surface area contributed by atoms with Gasteiger partial charge in [0.1, 0.15) is 0 Å². The van der Waals surface area contributed by atoms with Crippen LogP contribution in [0.1, 0.15) is 27.9 Å². The third-order valence-corrected chi connectivity index (χ3v) is 5.95. The van der Waals surface area contributed by atoms with Crippen molar-refractivity contribution < 1.29 is 8.42 Å². The Morgan fingerprint density at radius 1 is 1.14 bits per heavy atom. The highest BCUT2D eigenvalue weighted by molar-refractivity contribution is 7.89. The van der Waals surface area contributed by atoms with Gasteiger partial charge < -0.3 is 5.73 Å². The van der Waals surface area contributed by atoms with Crippen molar-refractivity contribution in [3.05, 3.63) is 46.3 Å². The van der Waals surface area contributed by atoms with Gasteiger partial charge in [-0.3, -0.25) is 0 Å². The minimum atomic E-state index is -3.57. The zero-order chi connectivity index (χ0) is 16.1. The molecule has 2 aromatic rings. The fourth-order valence-electron chi connectivity index (χ4n) is 3.01. The number of aryl methyl sites for hydroxylation is 3. The summed E-state index contributed by atoms with van der Waals surface area (Å²) in [6, 6.07) is 3.78. The van der Waals surface area contributed by atoms with E-state index in [-0.39, 0.29) is 19.0 Å². The van der Waals surface area contributed by atoms with Crippen molar-refractivity contribution in [2.75, 3.05) is 5.73 Å². The molecule has 1 aliphatic rings. The Morgan fingerprint density at radius 3 is 2.41 bits per heavy atom. The first-order chi connectivity index (χ1) is 10.3. The van der Waals surface area contributed by atoms with Crippen LogP contribution in [0.15, 0.2) is 23.2 Å². The second-order valence-corrected chi connectivity index (χ2v) is 7.58. The molecule has 0 aliphatic carbocycles. The summed E-state index contributed by atoms with van der Waals surface area (Å²) in [4.78, 5) is 8.44. The molecule has 2 N–H and O–H groups in total. The van der Waals surface area contributed by atoms with Crippen LogP contribution in [0.2, 0.25) is 0 Å². The fraction of sp³-hybridized carbons (Fsp3) is 0.333. The SMILES string of the molecule is Cc1cc(C)c(S(=O)(=O)N2Cc3cnc(N)nc3C2)c(C)c1. The van der Waals surface area contributed by atoms with Gasteiger partial charge in [0.25, 0.3) is 0 Å². The molecule has 1 aromatic carbocycles. The predicted octanol–water partition coefficient (Wildman–Crippen LogP) is 1.69. The van der Waals surface area contributed by atoms with Crippen LogP contribution in [0, 0.1) is 20.8 Å². The van der Waals surface area contributed by atoms with Crippen LogP contribution in [0.3, 0.4) is 0 Å². The van der Waals surface area contributed by atoms with Gasteiger partial charge in [-0.25, -0.2) is 18.4 Å². The van der Waals surface area contributed by atoms with Crippen molar-refractivity contribution in [2.24, 2.45) is 0 Å². The number of sulfonamides is 1. The van der Waals surface area contributed by atoms with Crippen LogP contribution in [0.4, 0.5) is 5.95 Å². The van der Waals surface area contributed by atoms with Crippen LogP contribution >= 0.6 is 0 Å². The lowest BCUT2D eigenvalue weighted by atomic mass is 10.1. The van der Waals surface area contributed by atoms with E-state index >= 15 is 0 Å². The highest BCUT2D eigenvalue weighted by atomic mass is 32.2. The summed E-state index contributed by atoms with van der Waals surface area (Å²) >= 11 is 0. The van der Waals surface area contributed by atoms with Gasteiger partial charge in [0.15, 0.2) is 0 Å². The maximum absolute atomic E-state index is 13.0. The van der Waals surface area contributed by atoms with Crippen molar-refractivity contribution in [1.82, 2.24) is 14.3 Å². The number of hydrogen-bond acceptors (Lipinski definition) is 5. The first-order valence-electron chi connectivity index (χ1n) is 6.97. The van der Waals surface area contributed by atoms with Crippen molar-refractivity contribution in [3.8, 4) is 0 Å². The van der Waals surface area contributed by atoms with E-state index in [4.69, 9.17) is 5.73 Å². The minimum absolute atomic E-state index is 0.167. The normalized spacial score (nSPS) is 15.0. The second-order valence-electron chi connectivity index (χ2n) is 5.70. The third-order valence-electron chi connectivity index (χ3n) is 3.85. The van der Waals surface area contributed by atoms with Gasteiger partial charge in [-0.1, -0.05) is 17.7 Å². The molecular formula is C15H18N4O2S. The Bertz CT molecular complexity index is 839. The largest absolute Gasteiger partial charge is 0.368 e. The standard InChI is InChI=1S/C15H18N4O2S/c1-9-4-10(2)14(11(3)5-9)22(20,21)19-7-12-6-17-15(16)18-13(12)8-19/h4-6H,7-8H2,1-3H3,(H2,16,17,18). The van der Waals surface area contributed by atoms with Crippen molar-refractivity contribution in [2.45, 2.75) is 38.8 Å². The molecule has 0 bridgehead atoms. The number of aromatic nitrogens is 2. The van der Waals surface area contributed by atoms with E-state index in [1.54, 1.807) is 6.20 Å². The topological polar surface area (TPSA) is 89.2 Å². The average molecular weight is 318 g/mol. The van der Waals surface area contributed by atoms with Crippen molar-refractivity contribution >= 4 is 16.0 Å². The number of nitrogen functional groups attached to an aromatic ring is 1. The fourth-order valence-corrected chi connectivity index (χ4v) is 4.80. The molecule has 2 heterocycles. The molecule has 1 aliphatic heterocycles. The van der Waals surface area contributed by atoms with E-state index < -0.39 is 10.0 Å². The Kier molecular flexibility index (Phi) is 3.41. The number of nitrogens with two attached hydrogens (primary N) is 1. The van der Waals surface area contributed by atoms with Crippen molar-refractivity contribution in [3.63, 3.8) is 0 Å². The highest BCUT2D eigenvalue weighted by Gasteiger charge is 2.33. The van der Waals surface area contributed by atoms with E-state index in [1.807, 2.05) is 32.9 Å². The first-order valence-corrected chi connectivity index (χ1v) is 8.41. The molecule has 116 valence electrons. The summed E-state index contributed by atoms with van der Waals surface area (Å²) in [5.41, 5.74) is 9.64. The molecule has 0 spiro atoms. The smallest absolute Gasteiger partial charge is 0.244 e. The molecule has 0 fully saturated rings. The summed E-state index contributed by atoms with van der Waals surface area (Å²) in [6.07, 6.45) is 1.60. The molecule has 3 rings (SSSR count). The van der Waals surface area contributed by atoms with Gasteiger partial charge in [-0.15, -0.1) is 0 Å². The summed E-state index contributed by atoms with van der Waals surface area (Å²) < 4.78 is 27.4. The van der Waals surface area contributed by atoms with Gasteiger partial charge in [-0.2, -0.15) is 4.31 Å². The van der Waals surface area contributed by atoms with E-state index in [1.165, 1.54) is 4.31 Å². The number of fused-ring (bicyclic) bond motifs is 1. The zero-order valence-corrected chi connectivity index (χ0v) is 13.6. The van der Waals surface area contributed by atoms with E-state index in [9.17, 15) is 8.42 Å². The summed E-state index contributed by atoms with van der Waals surface area (Å²) in [7, 11) is -3.57. The summed E-state index contributed by atoms with van der Waals surface area (Å²) in [5, 5.41) is 0. The molecule has 0 radical (unpaired) electrons. The summed E-state index contributed by atoms with van der Waals surface area (Å²) in [6.45, 7) is 6.13. The maximum Gasteiger partial charge on any atom is 0.244 e. The van der Waals surface area contributed by atoms with Crippen LogP contribution in [-0.2, 0) is 23.1 Å². The number of nitrogens with zero attached hydrogens (tertiary/aromatic N) is 3. The quantitative estimate of drug-likeness (QED) is 0.910. The lowest BCUT2D eigenvalue weighted by molar-refractivity contribution is 0.429. The number of hydrogen-bond donors (Lipinski definition) is 1. The van der Waals surface area contributed by atoms with Crippen LogP contribution < -0.4 is 5.73 Å². The predicted molar refractivity (Wildman–Crippen MR) is 83.5 cm³/mol. The molecule has 22 heavy (non-hydrogen) atoms. The van der Waals surface area contributed by atoms with Crippen LogP contribution in [-0.4, -0.2) is 22.7 Å². The highest BCUT2D eigenvalue weighted by Crippen LogP contribution is 2.31. The van der Waals surface area contributed by atoms with E-state index in [0.717, 1.165) is 22.3 Å². The van der Waals surface area contributed by atoms with Gasteiger partial charge in [0.05, 0.1) is 17.1 Å². The third kappa shape index (κ3) is 2.36. The number of anilines is 1. The number of benzene rings is 1. The number of rotatable bonds is 2. The Labute approximate surface area is 130 Å². The second kappa shape index (κ2) is 5.03. The molecule has 6 nitrogen and oxygen atoms in total. The van der Waals surface area contributed by atoms with Gasteiger partial charge in [-0.05, 0) is 31.9 Å². The van der Waals surface area contributed by atoms with Crippen LogP contribution in [0.5, 0.6) is 0 Å². The van der Waals surface area contributed by atoms with E-state index in [2.05, 4.69) is 9.97 Å². The average Bonchev–Trinajstić information content (AvgIpc) is 2.80. The molecule has 0 unspecified atom stereocenters. The van der Waals surface area contributed by atoms with Crippen LogP contribution in [0.25, 0.3) is 0 Å². The van der Waals surface area contributed by atoms with Gasteiger partial charge in [0.2, 0.25) is 16.0 Å². The molecular weight excluding hydrogens is 300 g/mol. The molecule has 0 atom stereocenters. The maximum atomic E-state index is 13.0. The van der Waals surface area contributed by atoms with E-state index in [0.29, 0.717) is 10.6 Å². The van der Waals surface area contributed by atoms with Gasteiger partial charge >= 0.3 is 0 Å². The minimum Gasteiger partial charge on any atom is -0.368 e. The monoisotopic (exact) mass is 318 g/mol. The lowest BCUT2D eigenvalue weighted by Crippen LogP contribution is -2.27. The Balaban J connectivity index is 2.03. The van der Waals surface area contributed by atoms with Crippen molar-refractivity contribution in [1.29, 1.82) is 0 Å². The molecule has 7 heteroatoms.